The molecule has 2 saturated heterocycles. The molecule has 0 spiro atoms. The summed E-state index contributed by atoms with van der Waals surface area (Å²) in [5.41, 5.74) is 0. The lowest BCUT2D eigenvalue weighted by Gasteiger charge is -2.33. The monoisotopic (exact) mass is 319 g/mol. The first kappa shape index (κ1) is 13.9. The smallest absolute Gasteiger partial charge is 0.263 e. The molecule has 0 radical (unpaired) electrons. The van der Waals surface area contributed by atoms with Crippen LogP contribution in [0.1, 0.15) is 40.3 Å². The van der Waals surface area contributed by atoms with Crippen LogP contribution in [-0.4, -0.2) is 40.1 Å². The van der Waals surface area contributed by atoms with E-state index in [2.05, 4.69) is 10.1 Å². The van der Waals surface area contributed by atoms with Crippen LogP contribution < -0.4 is 0 Å². The Balaban J connectivity index is 1.44. The van der Waals surface area contributed by atoms with Crippen molar-refractivity contribution in [2.75, 3.05) is 13.1 Å². The van der Waals surface area contributed by atoms with Gasteiger partial charge in [0.05, 0.1) is 11.0 Å². The first-order valence-electron chi connectivity index (χ1n) is 7.49. The molecule has 0 N–H and O–H groups in total. The molecule has 4 heterocycles. The maximum Gasteiger partial charge on any atom is 0.263 e. The lowest BCUT2D eigenvalue weighted by Crippen LogP contribution is -2.44. The Morgan fingerprint density at radius 1 is 1.50 bits per heavy atom. The van der Waals surface area contributed by atoms with Gasteiger partial charge in [0.1, 0.15) is 6.10 Å². The summed E-state index contributed by atoms with van der Waals surface area (Å²) in [4.78, 5) is 19.5. The number of fused-ring (bicyclic) bond motifs is 1. The zero-order valence-corrected chi connectivity index (χ0v) is 13.1. The summed E-state index contributed by atoms with van der Waals surface area (Å²) < 4.78 is 11.3. The summed E-state index contributed by atoms with van der Waals surface area (Å²) in [6.07, 6.45) is 1.75. The highest BCUT2D eigenvalue weighted by atomic mass is 32.1. The van der Waals surface area contributed by atoms with Crippen LogP contribution in [0, 0.1) is 12.8 Å². The van der Waals surface area contributed by atoms with Crippen LogP contribution in [0.15, 0.2) is 22.0 Å². The molecule has 1 amide bonds. The van der Waals surface area contributed by atoms with E-state index in [4.69, 9.17) is 9.26 Å². The molecule has 6 nitrogen and oxygen atoms in total. The van der Waals surface area contributed by atoms with Gasteiger partial charge in [-0.05, 0) is 31.2 Å². The molecule has 0 aliphatic carbocycles. The topological polar surface area (TPSA) is 68.5 Å². The number of hydrogen-bond acceptors (Lipinski definition) is 6. The van der Waals surface area contributed by atoms with Gasteiger partial charge >= 0.3 is 0 Å². The molecule has 7 heteroatoms. The number of nitrogens with zero attached hydrogens (tertiary/aromatic N) is 3. The zero-order valence-electron chi connectivity index (χ0n) is 12.3. The number of ether oxygens (including phenoxy) is 1. The number of carbonyl (C=O) groups excluding carboxylic acids is 1. The summed E-state index contributed by atoms with van der Waals surface area (Å²) in [6.45, 7) is 3.29. The van der Waals surface area contributed by atoms with Crippen molar-refractivity contribution in [3.63, 3.8) is 0 Å². The second kappa shape index (κ2) is 5.48. The van der Waals surface area contributed by atoms with E-state index < -0.39 is 0 Å². The summed E-state index contributed by atoms with van der Waals surface area (Å²) in [6, 6.07) is 3.80. The number of aryl methyl sites for hydroxylation is 1. The van der Waals surface area contributed by atoms with Gasteiger partial charge in [-0.25, -0.2) is 0 Å². The van der Waals surface area contributed by atoms with Crippen LogP contribution in [-0.2, 0) is 4.74 Å². The van der Waals surface area contributed by atoms with Gasteiger partial charge in [-0.3, -0.25) is 4.79 Å². The third kappa shape index (κ3) is 2.44. The van der Waals surface area contributed by atoms with Crippen molar-refractivity contribution in [1.82, 2.24) is 15.0 Å². The molecule has 22 heavy (non-hydrogen) atoms. The fourth-order valence-electron chi connectivity index (χ4n) is 3.30. The highest BCUT2D eigenvalue weighted by molar-refractivity contribution is 7.12. The summed E-state index contributed by atoms with van der Waals surface area (Å²) in [7, 11) is 0. The Morgan fingerprint density at radius 2 is 2.41 bits per heavy atom. The molecule has 4 rings (SSSR count). The number of rotatable bonds is 2. The number of amides is 1. The van der Waals surface area contributed by atoms with Crippen molar-refractivity contribution < 1.29 is 14.1 Å². The van der Waals surface area contributed by atoms with Crippen LogP contribution in [0.25, 0.3) is 0 Å². The highest BCUT2D eigenvalue weighted by Crippen LogP contribution is 2.40. The second-order valence-corrected chi connectivity index (χ2v) is 6.80. The fourth-order valence-corrected chi connectivity index (χ4v) is 3.99. The SMILES string of the molecule is Cc1noc([C@@H]2C[C@@H]3CN(C(=O)c4cccs4)CC[C@H]3O2)n1. The third-order valence-electron chi connectivity index (χ3n) is 4.36. The van der Waals surface area contributed by atoms with Gasteiger partial charge in [0.2, 0.25) is 0 Å². The van der Waals surface area contributed by atoms with Gasteiger partial charge in [-0.2, -0.15) is 4.98 Å². The minimum absolute atomic E-state index is 0.130. The van der Waals surface area contributed by atoms with Crippen LogP contribution in [0.4, 0.5) is 0 Å². The summed E-state index contributed by atoms with van der Waals surface area (Å²) >= 11 is 1.49. The predicted octanol–water partition coefficient (Wildman–Crippen LogP) is 2.43. The molecule has 0 bridgehead atoms. The number of likely N-dealkylation sites (tertiary alicyclic amines) is 1. The first-order chi connectivity index (χ1) is 10.7. The van der Waals surface area contributed by atoms with Crippen molar-refractivity contribution in [2.24, 2.45) is 5.92 Å². The maximum absolute atomic E-state index is 12.5. The molecule has 2 fully saturated rings. The standard InChI is InChI=1S/C15H17N3O3S/c1-9-16-14(21-17-9)12-7-10-8-18(5-4-11(10)20-12)15(19)13-3-2-6-22-13/h2-3,6,10-12H,4-5,7-8H2,1H3/t10-,11-,12+/m1/s1. The van der Waals surface area contributed by atoms with Crippen LogP contribution in [0.5, 0.6) is 0 Å². The Hall–Kier alpha value is -1.73. The number of piperidine rings is 1. The Kier molecular flexibility index (Phi) is 3.46. The molecular formula is C15H17N3O3S. The normalized spacial score (nSPS) is 27.9. The first-order valence-corrected chi connectivity index (χ1v) is 8.37. The Bertz CT molecular complexity index is 669. The minimum atomic E-state index is -0.131. The number of carbonyl (C=O) groups is 1. The van der Waals surface area contributed by atoms with Gasteiger partial charge in [-0.15, -0.1) is 11.3 Å². The van der Waals surface area contributed by atoms with E-state index in [0.29, 0.717) is 17.6 Å². The van der Waals surface area contributed by atoms with Crippen molar-refractivity contribution in [2.45, 2.75) is 32.0 Å². The molecule has 3 atom stereocenters. The van der Waals surface area contributed by atoms with E-state index in [9.17, 15) is 4.79 Å². The maximum atomic E-state index is 12.5. The average molecular weight is 319 g/mol. The molecular weight excluding hydrogens is 302 g/mol. The van der Waals surface area contributed by atoms with E-state index in [1.165, 1.54) is 11.3 Å². The Labute approximate surface area is 132 Å². The van der Waals surface area contributed by atoms with Crippen LogP contribution >= 0.6 is 11.3 Å². The Morgan fingerprint density at radius 3 is 3.14 bits per heavy atom. The van der Waals surface area contributed by atoms with Crippen molar-refractivity contribution in [3.8, 4) is 0 Å². The van der Waals surface area contributed by atoms with E-state index >= 15 is 0 Å². The largest absolute Gasteiger partial charge is 0.365 e. The predicted molar refractivity (Wildman–Crippen MR) is 79.6 cm³/mol. The third-order valence-corrected chi connectivity index (χ3v) is 5.22. The van der Waals surface area contributed by atoms with Crippen LogP contribution in [0.3, 0.4) is 0 Å². The molecule has 2 aromatic heterocycles. The number of hydrogen-bond donors (Lipinski definition) is 0. The molecule has 0 unspecified atom stereocenters. The van der Waals surface area contributed by atoms with E-state index in [1.807, 2.05) is 22.4 Å². The molecule has 2 aliphatic rings. The molecule has 0 aromatic carbocycles. The quantitative estimate of drug-likeness (QED) is 0.850. The van der Waals surface area contributed by atoms with Gasteiger partial charge < -0.3 is 14.2 Å². The second-order valence-electron chi connectivity index (χ2n) is 5.86. The van der Waals surface area contributed by atoms with Gasteiger partial charge in [0.25, 0.3) is 11.8 Å². The number of aromatic nitrogens is 2. The molecule has 2 aromatic rings. The van der Waals surface area contributed by atoms with Crippen molar-refractivity contribution >= 4 is 17.2 Å². The average Bonchev–Trinajstić information content (AvgIpc) is 3.25. The van der Waals surface area contributed by atoms with E-state index in [-0.39, 0.29) is 18.1 Å². The lowest BCUT2D eigenvalue weighted by atomic mass is 9.92. The van der Waals surface area contributed by atoms with Crippen molar-refractivity contribution in [1.29, 1.82) is 0 Å². The summed E-state index contributed by atoms with van der Waals surface area (Å²) in [5, 5.41) is 5.76. The minimum Gasteiger partial charge on any atom is -0.365 e. The zero-order chi connectivity index (χ0) is 15.1. The highest BCUT2D eigenvalue weighted by Gasteiger charge is 2.42. The fraction of sp³-hybridized carbons (Fsp3) is 0.533. The van der Waals surface area contributed by atoms with Gasteiger partial charge in [-0.1, -0.05) is 11.2 Å². The van der Waals surface area contributed by atoms with Gasteiger partial charge in [0, 0.05) is 19.0 Å². The molecule has 116 valence electrons. The molecule has 2 aliphatic heterocycles. The molecule has 0 saturated carbocycles. The number of thiophene rings is 1. The van der Waals surface area contributed by atoms with E-state index in [1.54, 1.807) is 6.92 Å². The van der Waals surface area contributed by atoms with Crippen LogP contribution in [0.2, 0.25) is 0 Å². The van der Waals surface area contributed by atoms with E-state index in [0.717, 1.165) is 30.8 Å². The van der Waals surface area contributed by atoms with Gasteiger partial charge in [0.15, 0.2) is 5.82 Å². The lowest BCUT2D eigenvalue weighted by molar-refractivity contribution is -0.00768. The van der Waals surface area contributed by atoms with Crippen molar-refractivity contribution in [3.05, 3.63) is 34.1 Å². The summed E-state index contributed by atoms with van der Waals surface area (Å²) in [5.74, 6) is 1.66.